The highest BCUT2D eigenvalue weighted by Gasteiger charge is 2.56. The molecular formula is C13H15BrClF3N2O3S. The molecule has 2 atom stereocenters. The number of nitrogens with zero attached hydrogens (tertiary/aromatic N) is 1. The van der Waals surface area contributed by atoms with Crippen LogP contribution in [0, 0.1) is 0 Å². The van der Waals surface area contributed by atoms with Crippen LogP contribution in [-0.4, -0.2) is 55.3 Å². The van der Waals surface area contributed by atoms with E-state index >= 15 is 0 Å². The van der Waals surface area contributed by atoms with Gasteiger partial charge in [-0.2, -0.15) is 17.5 Å². The zero-order chi connectivity index (χ0) is 18.3. The van der Waals surface area contributed by atoms with Crippen LogP contribution in [0.25, 0.3) is 0 Å². The van der Waals surface area contributed by atoms with Gasteiger partial charge < -0.3 is 10.4 Å². The van der Waals surface area contributed by atoms with Gasteiger partial charge in [0.25, 0.3) is 0 Å². The van der Waals surface area contributed by atoms with Gasteiger partial charge in [0.15, 0.2) is 5.60 Å². The molecule has 2 rings (SSSR count). The van der Waals surface area contributed by atoms with Gasteiger partial charge in [-0.3, -0.25) is 0 Å². The van der Waals surface area contributed by atoms with E-state index in [9.17, 15) is 26.7 Å². The summed E-state index contributed by atoms with van der Waals surface area (Å²) in [5, 5.41) is 12.5. The third kappa shape index (κ3) is 3.73. The maximum absolute atomic E-state index is 13.0. The quantitative estimate of drug-likeness (QED) is 0.740. The second-order valence-electron chi connectivity index (χ2n) is 5.59. The molecule has 0 saturated carbocycles. The van der Waals surface area contributed by atoms with Crippen LogP contribution in [0.3, 0.4) is 0 Å². The van der Waals surface area contributed by atoms with E-state index in [0.29, 0.717) is 11.4 Å². The van der Waals surface area contributed by atoms with E-state index in [4.69, 9.17) is 11.6 Å². The molecule has 1 saturated heterocycles. The fourth-order valence-electron chi connectivity index (χ4n) is 2.30. The minimum absolute atomic E-state index is 0.0134. The number of nitrogens with one attached hydrogen (secondary N) is 1. The standard InChI is InChI=1S/C13H15BrClF3N2O3S/c1-12(21,13(16,17)18)11-7-20(5-4-19-11)24(22,23)8-2-3-9(14)10(15)6-8/h2-3,6,11,19,21H,4-5,7H2,1H3. The lowest BCUT2D eigenvalue weighted by Crippen LogP contribution is -2.65. The molecule has 1 aromatic carbocycles. The first kappa shape index (κ1) is 19.9. The molecule has 1 heterocycles. The monoisotopic (exact) mass is 450 g/mol. The number of hydrogen-bond acceptors (Lipinski definition) is 4. The molecule has 1 aromatic rings. The Kier molecular flexibility index (Phi) is 5.59. The van der Waals surface area contributed by atoms with Crippen LogP contribution in [0.5, 0.6) is 0 Å². The predicted octanol–water partition coefficient (Wildman–Crippen LogP) is 2.38. The molecule has 0 bridgehead atoms. The molecule has 1 fully saturated rings. The third-order valence-electron chi connectivity index (χ3n) is 3.92. The van der Waals surface area contributed by atoms with Gasteiger partial charge in [0, 0.05) is 24.1 Å². The Hall–Kier alpha value is -0.390. The maximum Gasteiger partial charge on any atom is 0.418 e. The number of aliphatic hydroxyl groups is 1. The van der Waals surface area contributed by atoms with Crippen molar-refractivity contribution in [2.75, 3.05) is 19.6 Å². The Morgan fingerprint density at radius 1 is 1.42 bits per heavy atom. The minimum atomic E-state index is -4.89. The predicted molar refractivity (Wildman–Crippen MR) is 86.4 cm³/mol. The van der Waals surface area contributed by atoms with Crippen molar-refractivity contribution in [2.24, 2.45) is 0 Å². The van der Waals surface area contributed by atoms with Crippen molar-refractivity contribution < 1.29 is 26.7 Å². The number of benzene rings is 1. The SMILES string of the molecule is CC(O)(C1CN(S(=O)(=O)c2ccc(Br)c(Cl)c2)CCN1)C(F)(F)F. The molecule has 0 aliphatic carbocycles. The fraction of sp³-hybridized carbons (Fsp3) is 0.538. The number of alkyl halides is 3. The van der Waals surface area contributed by atoms with Crippen LogP contribution in [0.4, 0.5) is 13.2 Å². The van der Waals surface area contributed by atoms with Crippen molar-refractivity contribution in [1.82, 2.24) is 9.62 Å². The molecule has 0 radical (unpaired) electrons. The lowest BCUT2D eigenvalue weighted by atomic mass is 9.94. The van der Waals surface area contributed by atoms with E-state index < -0.39 is 34.4 Å². The van der Waals surface area contributed by atoms with E-state index in [1.54, 1.807) is 0 Å². The van der Waals surface area contributed by atoms with Gasteiger partial charge in [0.2, 0.25) is 10.0 Å². The second-order valence-corrected chi connectivity index (χ2v) is 8.79. The topological polar surface area (TPSA) is 69.6 Å². The number of sulfonamides is 1. The Morgan fingerprint density at radius 2 is 2.04 bits per heavy atom. The number of piperazine rings is 1. The van der Waals surface area contributed by atoms with Gasteiger partial charge in [-0.1, -0.05) is 11.6 Å². The second kappa shape index (κ2) is 6.73. The molecule has 24 heavy (non-hydrogen) atoms. The van der Waals surface area contributed by atoms with Crippen molar-refractivity contribution in [3.05, 3.63) is 27.7 Å². The van der Waals surface area contributed by atoms with Gasteiger partial charge in [-0.05, 0) is 41.1 Å². The van der Waals surface area contributed by atoms with E-state index in [1.165, 1.54) is 18.2 Å². The summed E-state index contributed by atoms with van der Waals surface area (Å²) in [5.41, 5.74) is -3.06. The smallest absolute Gasteiger partial charge is 0.379 e. The zero-order valence-electron chi connectivity index (χ0n) is 12.4. The molecule has 1 aliphatic heterocycles. The number of halogens is 5. The highest BCUT2D eigenvalue weighted by atomic mass is 79.9. The fourth-order valence-corrected chi connectivity index (χ4v) is 4.28. The summed E-state index contributed by atoms with van der Waals surface area (Å²) >= 11 is 9.03. The van der Waals surface area contributed by atoms with Crippen molar-refractivity contribution in [3.8, 4) is 0 Å². The Labute approximate surface area is 151 Å². The first-order valence-electron chi connectivity index (χ1n) is 6.85. The molecule has 0 amide bonds. The van der Waals surface area contributed by atoms with Crippen molar-refractivity contribution in [1.29, 1.82) is 0 Å². The molecular weight excluding hydrogens is 437 g/mol. The molecule has 11 heteroatoms. The van der Waals surface area contributed by atoms with Crippen LogP contribution in [0.1, 0.15) is 6.92 Å². The molecule has 2 unspecified atom stereocenters. The lowest BCUT2D eigenvalue weighted by Gasteiger charge is -2.41. The first-order valence-corrected chi connectivity index (χ1v) is 9.46. The largest absolute Gasteiger partial charge is 0.418 e. The van der Waals surface area contributed by atoms with Crippen LogP contribution in [0.15, 0.2) is 27.6 Å². The van der Waals surface area contributed by atoms with Crippen LogP contribution >= 0.6 is 27.5 Å². The van der Waals surface area contributed by atoms with Crippen molar-refractivity contribution in [2.45, 2.75) is 29.6 Å². The lowest BCUT2D eigenvalue weighted by molar-refractivity contribution is -0.264. The van der Waals surface area contributed by atoms with E-state index in [0.717, 1.165) is 4.31 Å². The highest BCUT2D eigenvalue weighted by molar-refractivity contribution is 9.10. The van der Waals surface area contributed by atoms with Gasteiger partial charge in [0.1, 0.15) is 0 Å². The molecule has 0 spiro atoms. The average molecular weight is 452 g/mol. The molecule has 5 nitrogen and oxygen atoms in total. The van der Waals surface area contributed by atoms with E-state index in [2.05, 4.69) is 21.2 Å². The summed E-state index contributed by atoms with van der Waals surface area (Å²) < 4.78 is 65.6. The summed E-state index contributed by atoms with van der Waals surface area (Å²) in [6.07, 6.45) is -4.89. The van der Waals surface area contributed by atoms with Crippen molar-refractivity contribution in [3.63, 3.8) is 0 Å². The van der Waals surface area contributed by atoms with Crippen molar-refractivity contribution >= 4 is 37.6 Å². The highest BCUT2D eigenvalue weighted by Crippen LogP contribution is 2.34. The van der Waals surface area contributed by atoms with Crippen LogP contribution in [-0.2, 0) is 10.0 Å². The van der Waals surface area contributed by atoms with E-state index in [1.807, 2.05) is 0 Å². The summed E-state index contributed by atoms with van der Waals surface area (Å²) in [4.78, 5) is -0.122. The molecule has 0 aromatic heterocycles. The maximum atomic E-state index is 13.0. The van der Waals surface area contributed by atoms with Gasteiger partial charge in [-0.25, -0.2) is 8.42 Å². The first-order chi connectivity index (χ1) is 10.9. The molecule has 2 N–H and O–H groups in total. The number of rotatable bonds is 3. The minimum Gasteiger partial charge on any atom is -0.379 e. The summed E-state index contributed by atoms with van der Waals surface area (Å²) in [7, 11) is -4.03. The van der Waals surface area contributed by atoms with Gasteiger partial charge in [0.05, 0.1) is 16.0 Å². The summed E-state index contributed by atoms with van der Waals surface area (Å²) in [5.74, 6) is 0. The normalized spacial score (nSPS) is 23.0. The summed E-state index contributed by atoms with van der Waals surface area (Å²) in [6.45, 7) is 0.0840. The zero-order valence-corrected chi connectivity index (χ0v) is 15.6. The third-order valence-corrected chi connectivity index (χ3v) is 7.01. The molecule has 136 valence electrons. The summed E-state index contributed by atoms with van der Waals surface area (Å²) in [6, 6.07) is 2.50. The van der Waals surface area contributed by atoms with Gasteiger partial charge in [-0.15, -0.1) is 0 Å². The Morgan fingerprint density at radius 3 is 2.58 bits per heavy atom. The average Bonchev–Trinajstić information content (AvgIpc) is 2.49. The van der Waals surface area contributed by atoms with Crippen LogP contribution < -0.4 is 5.32 Å². The van der Waals surface area contributed by atoms with E-state index in [-0.39, 0.29) is 23.0 Å². The Balaban J connectivity index is 2.30. The van der Waals surface area contributed by atoms with Crippen LogP contribution in [0.2, 0.25) is 5.02 Å². The molecule has 1 aliphatic rings. The van der Waals surface area contributed by atoms with Gasteiger partial charge >= 0.3 is 6.18 Å². The number of hydrogen-bond donors (Lipinski definition) is 2. The Bertz CT molecular complexity index is 728.